The van der Waals surface area contributed by atoms with Crippen molar-refractivity contribution < 1.29 is 4.79 Å². The molecule has 0 fully saturated rings. The Bertz CT molecular complexity index is 598. The van der Waals surface area contributed by atoms with Gasteiger partial charge in [-0.1, -0.05) is 80.6 Å². The van der Waals surface area contributed by atoms with Crippen molar-refractivity contribution in [1.29, 1.82) is 0 Å². The highest BCUT2D eigenvalue weighted by Crippen LogP contribution is 2.15. The van der Waals surface area contributed by atoms with Crippen molar-refractivity contribution >= 4 is 11.7 Å². The number of amides is 2. The maximum atomic E-state index is 11.6. The van der Waals surface area contributed by atoms with E-state index in [4.69, 9.17) is 5.73 Å². The third-order valence-corrected chi connectivity index (χ3v) is 4.52. The standard InChI is InChI=1S/C22H30N2O/c23-22(25)24(21-17-11-7-12-18-21)19-13-5-3-1-2-4-8-14-20-15-9-6-10-16-20/h6-7,9-12,15-18H,1-5,8,13-14,19H2,(H2,23,25). The summed E-state index contributed by atoms with van der Waals surface area (Å²) in [4.78, 5) is 13.3. The van der Waals surface area contributed by atoms with Crippen molar-refractivity contribution in [3.63, 3.8) is 0 Å². The molecule has 2 aromatic carbocycles. The van der Waals surface area contributed by atoms with Crippen molar-refractivity contribution in [1.82, 2.24) is 0 Å². The van der Waals surface area contributed by atoms with Crippen molar-refractivity contribution in [2.24, 2.45) is 5.73 Å². The number of benzene rings is 2. The predicted molar refractivity (Wildman–Crippen MR) is 106 cm³/mol. The van der Waals surface area contributed by atoms with E-state index in [1.165, 1.54) is 44.1 Å². The van der Waals surface area contributed by atoms with Gasteiger partial charge in [-0.3, -0.25) is 4.90 Å². The van der Waals surface area contributed by atoms with Crippen molar-refractivity contribution in [3.05, 3.63) is 66.2 Å². The van der Waals surface area contributed by atoms with Gasteiger partial charge >= 0.3 is 6.03 Å². The number of hydrogen-bond acceptors (Lipinski definition) is 1. The molecule has 0 aliphatic rings. The molecule has 2 N–H and O–H groups in total. The Morgan fingerprint density at radius 1 is 0.720 bits per heavy atom. The molecule has 3 heteroatoms. The van der Waals surface area contributed by atoms with Crippen LogP contribution >= 0.6 is 0 Å². The molecule has 0 aliphatic carbocycles. The molecule has 0 saturated carbocycles. The first kappa shape index (κ1) is 19.0. The van der Waals surface area contributed by atoms with Gasteiger partial charge in [0, 0.05) is 12.2 Å². The highest BCUT2D eigenvalue weighted by atomic mass is 16.2. The minimum absolute atomic E-state index is 0.368. The van der Waals surface area contributed by atoms with Gasteiger partial charge in [0.15, 0.2) is 0 Å². The minimum Gasteiger partial charge on any atom is -0.351 e. The van der Waals surface area contributed by atoms with E-state index in [-0.39, 0.29) is 6.03 Å². The van der Waals surface area contributed by atoms with Gasteiger partial charge in [-0.05, 0) is 37.0 Å². The Balaban J connectivity index is 1.52. The quantitative estimate of drug-likeness (QED) is 0.537. The first-order chi connectivity index (χ1) is 12.3. The average Bonchev–Trinajstić information content (AvgIpc) is 2.64. The molecule has 0 bridgehead atoms. The van der Waals surface area contributed by atoms with Gasteiger partial charge in [0.05, 0.1) is 0 Å². The fourth-order valence-electron chi connectivity index (χ4n) is 3.10. The largest absolute Gasteiger partial charge is 0.351 e. The highest BCUT2D eigenvalue weighted by molar-refractivity contribution is 5.90. The zero-order chi connectivity index (χ0) is 17.7. The minimum atomic E-state index is -0.368. The molecule has 0 spiro atoms. The van der Waals surface area contributed by atoms with Gasteiger partial charge in [0.25, 0.3) is 0 Å². The summed E-state index contributed by atoms with van der Waals surface area (Å²) in [6.45, 7) is 0.702. The van der Waals surface area contributed by atoms with Crippen LogP contribution in [0.15, 0.2) is 60.7 Å². The number of anilines is 1. The van der Waals surface area contributed by atoms with Crippen LogP contribution < -0.4 is 10.6 Å². The molecule has 0 radical (unpaired) electrons. The summed E-state index contributed by atoms with van der Waals surface area (Å²) >= 11 is 0. The molecule has 0 unspecified atom stereocenters. The maximum absolute atomic E-state index is 11.6. The second-order valence-electron chi connectivity index (χ2n) is 6.54. The SMILES string of the molecule is NC(=O)N(CCCCCCCCCc1ccccc1)c1ccccc1. The van der Waals surface area contributed by atoms with Crippen LogP contribution in [0.3, 0.4) is 0 Å². The van der Waals surface area contributed by atoms with Gasteiger partial charge in [0.1, 0.15) is 0 Å². The van der Waals surface area contributed by atoms with E-state index in [1.54, 1.807) is 4.90 Å². The smallest absolute Gasteiger partial charge is 0.319 e. The van der Waals surface area contributed by atoms with Gasteiger partial charge < -0.3 is 5.73 Å². The summed E-state index contributed by atoms with van der Waals surface area (Å²) in [7, 11) is 0. The van der Waals surface area contributed by atoms with E-state index >= 15 is 0 Å². The number of carbonyl (C=O) groups excluding carboxylic acids is 1. The third kappa shape index (κ3) is 7.42. The number of aryl methyl sites for hydroxylation is 1. The lowest BCUT2D eigenvalue weighted by atomic mass is 10.0. The van der Waals surface area contributed by atoms with Crippen LogP contribution in [0.2, 0.25) is 0 Å². The Morgan fingerprint density at radius 2 is 1.24 bits per heavy atom. The second kappa shape index (κ2) is 11.3. The summed E-state index contributed by atoms with van der Waals surface area (Å²) in [5, 5.41) is 0. The van der Waals surface area contributed by atoms with E-state index in [2.05, 4.69) is 30.3 Å². The molecular formula is C22H30N2O. The normalized spacial score (nSPS) is 10.6. The van der Waals surface area contributed by atoms with E-state index in [1.807, 2.05) is 30.3 Å². The van der Waals surface area contributed by atoms with Crippen molar-refractivity contribution in [2.75, 3.05) is 11.4 Å². The monoisotopic (exact) mass is 338 g/mol. The number of rotatable bonds is 11. The Morgan fingerprint density at radius 3 is 1.84 bits per heavy atom. The number of unbranched alkanes of at least 4 members (excludes halogenated alkanes) is 6. The van der Waals surface area contributed by atoms with E-state index in [0.29, 0.717) is 6.54 Å². The molecular weight excluding hydrogens is 308 g/mol. The Kier molecular flexibility index (Phi) is 8.60. The second-order valence-corrected chi connectivity index (χ2v) is 6.54. The van der Waals surface area contributed by atoms with Gasteiger partial charge in [0.2, 0.25) is 0 Å². The zero-order valence-corrected chi connectivity index (χ0v) is 15.1. The predicted octanol–water partition coefficient (Wildman–Crippen LogP) is 5.55. The lowest BCUT2D eigenvalue weighted by molar-refractivity contribution is 0.253. The first-order valence-corrected chi connectivity index (χ1v) is 9.43. The number of nitrogens with zero attached hydrogens (tertiary/aromatic N) is 1. The van der Waals surface area contributed by atoms with Crippen LogP contribution in [0, 0.1) is 0 Å². The molecule has 3 nitrogen and oxygen atoms in total. The number of nitrogens with two attached hydrogens (primary N) is 1. The Hall–Kier alpha value is -2.29. The molecule has 0 atom stereocenters. The molecule has 0 heterocycles. The summed E-state index contributed by atoms with van der Waals surface area (Å²) in [6.07, 6.45) is 9.71. The summed E-state index contributed by atoms with van der Waals surface area (Å²) in [5.41, 5.74) is 7.82. The summed E-state index contributed by atoms with van der Waals surface area (Å²) in [6, 6.07) is 20.0. The molecule has 134 valence electrons. The number of primary amides is 1. The van der Waals surface area contributed by atoms with Crippen molar-refractivity contribution in [3.8, 4) is 0 Å². The van der Waals surface area contributed by atoms with Crippen LogP contribution in [-0.4, -0.2) is 12.6 Å². The average molecular weight is 338 g/mol. The number of hydrogen-bond donors (Lipinski definition) is 1. The molecule has 0 saturated heterocycles. The van der Waals surface area contributed by atoms with E-state index in [0.717, 1.165) is 18.5 Å². The molecule has 25 heavy (non-hydrogen) atoms. The van der Waals surface area contributed by atoms with Gasteiger partial charge in [-0.15, -0.1) is 0 Å². The first-order valence-electron chi connectivity index (χ1n) is 9.43. The highest BCUT2D eigenvalue weighted by Gasteiger charge is 2.10. The summed E-state index contributed by atoms with van der Waals surface area (Å²) in [5.74, 6) is 0. The fraction of sp³-hybridized carbons (Fsp3) is 0.409. The topological polar surface area (TPSA) is 46.3 Å². The van der Waals surface area contributed by atoms with Crippen molar-refractivity contribution in [2.45, 2.75) is 51.4 Å². The van der Waals surface area contributed by atoms with E-state index < -0.39 is 0 Å². The molecule has 2 aromatic rings. The molecule has 0 aliphatic heterocycles. The summed E-state index contributed by atoms with van der Waals surface area (Å²) < 4.78 is 0. The number of urea groups is 1. The van der Waals surface area contributed by atoms with Crippen LogP contribution in [0.5, 0.6) is 0 Å². The zero-order valence-electron chi connectivity index (χ0n) is 15.1. The maximum Gasteiger partial charge on any atom is 0.319 e. The van der Waals surface area contributed by atoms with Gasteiger partial charge in [-0.25, -0.2) is 4.79 Å². The third-order valence-electron chi connectivity index (χ3n) is 4.52. The van der Waals surface area contributed by atoms with Crippen LogP contribution in [-0.2, 0) is 6.42 Å². The number of para-hydroxylation sites is 1. The van der Waals surface area contributed by atoms with Gasteiger partial charge in [-0.2, -0.15) is 0 Å². The fourth-order valence-corrected chi connectivity index (χ4v) is 3.10. The number of carbonyl (C=O) groups is 1. The van der Waals surface area contributed by atoms with Crippen LogP contribution in [0.4, 0.5) is 10.5 Å². The molecule has 2 amide bonds. The lowest BCUT2D eigenvalue weighted by Crippen LogP contribution is -2.36. The van der Waals surface area contributed by atoms with Crippen LogP contribution in [0.25, 0.3) is 0 Å². The van der Waals surface area contributed by atoms with Crippen LogP contribution in [0.1, 0.15) is 50.5 Å². The molecule has 2 rings (SSSR count). The molecule has 0 aromatic heterocycles. The van der Waals surface area contributed by atoms with E-state index in [9.17, 15) is 4.79 Å². The lowest BCUT2D eigenvalue weighted by Gasteiger charge is -2.20. The Labute approximate surface area is 151 Å².